The van der Waals surface area contributed by atoms with Gasteiger partial charge >= 0.3 is 12.1 Å². The standard InChI is InChI=1S/C25H22N4O5/c30-23(31)10-5-11-26-24(32)22-14-29(16-28-22)13-12-27-25(33)34-15-21-19-8-3-1-6-17(19)18-7-2-4-9-20(18)21/h1-4,6-9,14,16,21H,11-13,15H2,(H,26,32)(H,27,33)(H,30,31). The monoisotopic (exact) mass is 458 g/mol. The number of carboxylic acids is 1. The highest BCUT2D eigenvalue weighted by Crippen LogP contribution is 2.44. The molecule has 0 saturated carbocycles. The van der Waals surface area contributed by atoms with Gasteiger partial charge in [-0.1, -0.05) is 54.5 Å². The summed E-state index contributed by atoms with van der Waals surface area (Å²) in [6.07, 6.45) is 2.48. The number of fused-ring (bicyclic) bond motifs is 3. The van der Waals surface area contributed by atoms with Crippen molar-refractivity contribution in [3.8, 4) is 23.0 Å². The Hall–Kier alpha value is -4.58. The van der Waals surface area contributed by atoms with Crippen LogP contribution in [0.3, 0.4) is 0 Å². The van der Waals surface area contributed by atoms with E-state index < -0.39 is 18.0 Å². The van der Waals surface area contributed by atoms with Gasteiger partial charge in [-0.25, -0.2) is 14.6 Å². The molecule has 2 amide bonds. The largest absolute Gasteiger partial charge is 0.472 e. The number of benzene rings is 2. The molecule has 0 aliphatic heterocycles. The first kappa shape index (κ1) is 22.6. The molecular formula is C25H22N4O5. The number of aromatic nitrogens is 2. The number of carbonyl (C=O) groups is 3. The lowest BCUT2D eigenvalue weighted by atomic mass is 9.98. The maximum absolute atomic E-state index is 12.2. The molecule has 4 rings (SSSR count). The van der Waals surface area contributed by atoms with Crippen LogP contribution in [-0.4, -0.2) is 52.3 Å². The summed E-state index contributed by atoms with van der Waals surface area (Å²) < 4.78 is 7.15. The average Bonchev–Trinajstić information content (AvgIpc) is 3.43. The van der Waals surface area contributed by atoms with E-state index in [9.17, 15) is 14.4 Å². The fourth-order valence-corrected chi connectivity index (χ4v) is 3.87. The zero-order chi connectivity index (χ0) is 23.9. The van der Waals surface area contributed by atoms with Crippen LogP contribution in [0.25, 0.3) is 11.1 Å². The number of hydrogen-bond donors (Lipinski definition) is 3. The van der Waals surface area contributed by atoms with E-state index in [1.165, 1.54) is 23.7 Å². The molecule has 0 atom stereocenters. The van der Waals surface area contributed by atoms with E-state index in [0.29, 0.717) is 6.54 Å². The first-order valence-electron chi connectivity index (χ1n) is 10.6. The Kier molecular flexibility index (Phi) is 6.89. The Morgan fingerprint density at radius 2 is 1.71 bits per heavy atom. The lowest BCUT2D eigenvalue weighted by Crippen LogP contribution is -2.29. The molecule has 0 unspecified atom stereocenters. The molecule has 3 N–H and O–H groups in total. The molecule has 0 bridgehead atoms. The van der Waals surface area contributed by atoms with E-state index in [1.54, 1.807) is 4.57 Å². The predicted molar refractivity (Wildman–Crippen MR) is 123 cm³/mol. The van der Waals surface area contributed by atoms with Gasteiger partial charge < -0.3 is 25.0 Å². The lowest BCUT2D eigenvalue weighted by Gasteiger charge is -2.14. The lowest BCUT2D eigenvalue weighted by molar-refractivity contribution is -0.130. The molecule has 0 saturated heterocycles. The van der Waals surface area contributed by atoms with Crippen LogP contribution in [0.2, 0.25) is 0 Å². The number of carboxylic acid groups (broad SMARTS) is 1. The van der Waals surface area contributed by atoms with Crippen LogP contribution in [0.5, 0.6) is 0 Å². The van der Waals surface area contributed by atoms with E-state index in [4.69, 9.17) is 9.84 Å². The number of carbonyl (C=O) groups excluding carboxylic acids is 2. The Morgan fingerprint density at radius 1 is 1.03 bits per heavy atom. The molecule has 1 aliphatic rings. The topological polar surface area (TPSA) is 123 Å². The van der Waals surface area contributed by atoms with Crippen LogP contribution in [0.4, 0.5) is 4.79 Å². The van der Waals surface area contributed by atoms with Crippen molar-refractivity contribution in [2.24, 2.45) is 0 Å². The van der Waals surface area contributed by atoms with Gasteiger partial charge in [0.25, 0.3) is 5.91 Å². The van der Waals surface area contributed by atoms with E-state index in [-0.39, 0.29) is 31.3 Å². The molecule has 0 spiro atoms. The summed E-state index contributed by atoms with van der Waals surface area (Å²) in [5, 5.41) is 13.6. The van der Waals surface area contributed by atoms with E-state index in [2.05, 4.69) is 45.8 Å². The molecule has 3 aromatic rings. The fraction of sp³-hybridized carbons (Fsp3) is 0.200. The first-order chi connectivity index (χ1) is 16.5. The number of amides is 2. The minimum absolute atomic E-state index is 0.00643. The fourth-order valence-electron chi connectivity index (χ4n) is 3.87. The number of nitrogens with zero attached hydrogens (tertiary/aromatic N) is 2. The molecule has 1 aliphatic carbocycles. The van der Waals surface area contributed by atoms with Crippen molar-refractivity contribution in [2.45, 2.75) is 12.5 Å². The van der Waals surface area contributed by atoms with Gasteiger partial charge in [0.2, 0.25) is 0 Å². The van der Waals surface area contributed by atoms with Crippen molar-refractivity contribution in [3.05, 3.63) is 77.9 Å². The van der Waals surface area contributed by atoms with Crippen molar-refractivity contribution in [2.75, 3.05) is 19.7 Å². The Labute approximate surface area is 195 Å². The molecule has 1 aromatic heterocycles. The minimum Gasteiger partial charge on any atom is -0.472 e. The highest BCUT2D eigenvalue weighted by Gasteiger charge is 2.28. The van der Waals surface area contributed by atoms with Gasteiger partial charge in [-0.2, -0.15) is 0 Å². The maximum atomic E-state index is 12.2. The van der Waals surface area contributed by atoms with Crippen LogP contribution < -0.4 is 10.6 Å². The third kappa shape index (κ3) is 5.24. The molecule has 34 heavy (non-hydrogen) atoms. The van der Waals surface area contributed by atoms with Crippen molar-refractivity contribution in [1.29, 1.82) is 0 Å². The summed E-state index contributed by atoms with van der Waals surface area (Å²) >= 11 is 0. The number of aliphatic carboxylic acids is 1. The second-order valence-electron chi connectivity index (χ2n) is 7.54. The van der Waals surface area contributed by atoms with Gasteiger partial charge in [0.05, 0.1) is 12.9 Å². The number of alkyl carbamates (subject to hydrolysis) is 1. The number of hydrogen-bond acceptors (Lipinski definition) is 5. The number of ether oxygens (including phenoxy) is 1. The third-order valence-electron chi connectivity index (χ3n) is 5.38. The summed E-state index contributed by atoms with van der Waals surface area (Å²) in [5.41, 5.74) is 4.80. The van der Waals surface area contributed by atoms with E-state index >= 15 is 0 Å². The second-order valence-corrected chi connectivity index (χ2v) is 7.54. The first-order valence-corrected chi connectivity index (χ1v) is 10.6. The Bertz CT molecular complexity index is 1240. The summed E-state index contributed by atoms with van der Waals surface area (Å²) in [5.74, 6) is 2.48. The highest BCUT2D eigenvalue weighted by molar-refractivity contribution is 5.92. The van der Waals surface area contributed by atoms with Crippen LogP contribution >= 0.6 is 0 Å². The molecule has 2 aromatic carbocycles. The van der Waals surface area contributed by atoms with Gasteiger partial charge in [-0.05, 0) is 22.3 Å². The highest BCUT2D eigenvalue weighted by atomic mass is 16.5. The Morgan fingerprint density at radius 3 is 2.38 bits per heavy atom. The van der Waals surface area contributed by atoms with Crippen molar-refractivity contribution in [3.63, 3.8) is 0 Å². The second kappa shape index (κ2) is 10.4. The number of nitrogens with one attached hydrogen (secondary N) is 2. The molecule has 172 valence electrons. The van der Waals surface area contributed by atoms with E-state index in [0.717, 1.165) is 11.1 Å². The normalized spacial score (nSPS) is 11.5. The van der Waals surface area contributed by atoms with Gasteiger partial charge in [0.1, 0.15) is 12.3 Å². The molecular weight excluding hydrogens is 436 g/mol. The molecule has 0 fully saturated rings. The predicted octanol–water partition coefficient (Wildman–Crippen LogP) is 2.24. The van der Waals surface area contributed by atoms with Crippen molar-refractivity contribution in [1.82, 2.24) is 20.2 Å². The molecule has 9 heteroatoms. The third-order valence-corrected chi connectivity index (χ3v) is 5.38. The molecule has 9 nitrogen and oxygen atoms in total. The summed E-state index contributed by atoms with van der Waals surface area (Å²) in [6.45, 7) is 0.822. The SMILES string of the molecule is O=C(O)C#CCNC(=O)c1cn(CCNC(=O)OCC2c3ccccc3-c3ccccc32)cn1. The van der Waals surface area contributed by atoms with Crippen LogP contribution in [-0.2, 0) is 16.1 Å². The van der Waals surface area contributed by atoms with Crippen LogP contribution in [0, 0.1) is 11.8 Å². The maximum Gasteiger partial charge on any atom is 0.407 e. The smallest absolute Gasteiger partial charge is 0.407 e. The average molecular weight is 458 g/mol. The van der Waals surface area contributed by atoms with Gasteiger partial charge in [-0.3, -0.25) is 4.79 Å². The van der Waals surface area contributed by atoms with Crippen LogP contribution in [0.1, 0.15) is 27.5 Å². The van der Waals surface area contributed by atoms with E-state index in [1.807, 2.05) is 30.2 Å². The van der Waals surface area contributed by atoms with Gasteiger partial charge in [0.15, 0.2) is 0 Å². The summed E-state index contributed by atoms with van der Waals surface area (Å²) in [7, 11) is 0. The van der Waals surface area contributed by atoms with Gasteiger partial charge in [-0.15, -0.1) is 0 Å². The number of rotatable bonds is 7. The quantitative estimate of drug-likeness (QED) is 0.467. The Balaban J connectivity index is 1.23. The van der Waals surface area contributed by atoms with Gasteiger partial charge in [0, 0.05) is 31.1 Å². The molecule has 1 heterocycles. The van der Waals surface area contributed by atoms with Crippen molar-refractivity contribution >= 4 is 18.0 Å². The zero-order valence-electron chi connectivity index (χ0n) is 18.2. The minimum atomic E-state index is -1.26. The van der Waals surface area contributed by atoms with Crippen LogP contribution in [0.15, 0.2) is 61.1 Å². The number of imidazole rings is 1. The van der Waals surface area contributed by atoms with Crippen molar-refractivity contribution < 1.29 is 24.2 Å². The summed E-state index contributed by atoms with van der Waals surface area (Å²) in [4.78, 5) is 38.6. The summed E-state index contributed by atoms with van der Waals surface area (Å²) in [6, 6.07) is 16.3. The zero-order valence-corrected chi connectivity index (χ0v) is 18.2. The molecule has 0 radical (unpaired) electrons.